The first-order valence-electron chi connectivity index (χ1n) is 5.46. The van der Waals surface area contributed by atoms with Gasteiger partial charge in [-0.1, -0.05) is 23.7 Å². The fraction of sp³-hybridized carbons (Fsp3) is 0.0769. The second-order valence-electron chi connectivity index (χ2n) is 3.98. The number of amides is 1. The summed E-state index contributed by atoms with van der Waals surface area (Å²) in [5, 5.41) is 2.92. The lowest BCUT2D eigenvalue weighted by molar-refractivity contribution is 0.102. The number of nitrogens with zero attached hydrogens (tertiary/aromatic N) is 1. The number of hydrogen-bond acceptors (Lipinski definition) is 3. The van der Waals surface area contributed by atoms with Crippen LogP contribution in [0.25, 0.3) is 0 Å². The van der Waals surface area contributed by atoms with Crippen molar-refractivity contribution in [3.63, 3.8) is 0 Å². The van der Waals surface area contributed by atoms with E-state index in [9.17, 15) is 4.79 Å². The van der Waals surface area contributed by atoms with Crippen LogP contribution < -0.4 is 11.1 Å². The number of nitrogen functional groups attached to an aromatic ring is 1. The summed E-state index contributed by atoms with van der Waals surface area (Å²) in [6.07, 6.45) is 1.55. The van der Waals surface area contributed by atoms with Crippen molar-refractivity contribution in [3.05, 3.63) is 51.2 Å². The Labute approximate surface area is 124 Å². The molecule has 98 valence electrons. The van der Waals surface area contributed by atoms with Crippen molar-refractivity contribution >= 4 is 44.8 Å². The van der Waals surface area contributed by atoms with Gasteiger partial charge in [0.25, 0.3) is 5.91 Å². The van der Waals surface area contributed by atoms with Gasteiger partial charge < -0.3 is 11.1 Å². The van der Waals surface area contributed by atoms with Crippen LogP contribution in [0.2, 0.25) is 5.15 Å². The third kappa shape index (κ3) is 3.05. The number of nitrogens with two attached hydrogens (primary N) is 1. The monoisotopic (exact) mass is 339 g/mol. The lowest BCUT2D eigenvalue weighted by Crippen LogP contribution is -2.15. The van der Waals surface area contributed by atoms with Crippen LogP contribution in [0.4, 0.5) is 11.4 Å². The average Bonchev–Trinajstić information content (AvgIpc) is 2.37. The van der Waals surface area contributed by atoms with E-state index in [4.69, 9.17) is 17.3 Å². The summed E-state index contributed by atoms with van der Waals surface area (Å²) in [7, 11) is 0. The van der Waals surface area contributed by atoms with Crippen molar-refractivity contribution in [1.82, 2.24) is 4.98 Å². The molecule has 6 heteroatoms. The van der Waals surface area contributed by atoms with Crippen molar-refractivity contribution in [3.8, 4) is 0 Å². The molecule has 1 heterocycles. The number of aromatic nitrogens is 1. The van der Waals surface area contributed by atoms with Crippen LogP contribution >= 0.6 is 27.5 Å². The normalized spacial score (nSPS) is 10.3. The lowest BCUT2D eigenvalue weighted by atomic mass is 10.1. The highest BCUT2D eigenvalue weighted by Crippen LogP contribution is 2.24. The van der Waals surface area contributed by atoms with Crippen molar-refractivity contribution < 1.29 is 4.79 Å². The van der Waals surface area contributed by atoms with Gasteiger partial charge >= 0.3 is 0 Å². The van der Waals surface area contributed by atoms with Gasteiger partial charge in [-0.2, -0.15) is 0 Å². The Bertz CT molecular complexity index is 646. The third-order valence-electron chi connectivity index (χ3n) is 2.62. The lowest BCUT2D eigenvalue weighted by Gasteiger charge is -2.10. The zero-order chi connectivity index (χ0) is 14.0. The molecule has 0 spiro atoms. The Kier molecular flexibility index (Phi) is 4.07. The van der Waals surface area contributed by atoms with Gasteiger partial charge in [-0.25, -0.2) is 4.98 Å². The van der Waals surface area contributed by atoms with Crippen LogP contribution in [0.3, 0.4) is 0 Å². The molecule has 0 radical (unpaired) electrons. The van der Waals surface area contributed by atoms with Crippen molar-refractivity contribution in [1.29, 1.82) is 0 Å². The predicted octanol–water partition coefficient (Wildman–Crippen LogP) is 3.64. The Morgan fingerprint density at radius 3 is 2.95 bits per heavy atom. The maximum absolute atomic E-state index is 12.2. The number of benzene rings is 1. The van der Waals surface area contributed by atoms with E-state index in [2.05, 4.69) is 26.2 Å². The summed E-state index contributed by atoms with van der Waals surface area (Å²) in [6, 6.07) is 6.97. The fourth-order valence-electron chi connectivity index (χ4n) is 1.58. The SMILES string of the molecule is Cc1cccc(C(=O)Nc2cc(Br)cnc2Cl)c1N. The van der Waals surface area contributed by atoms with Crippen LogP contribution in [0.15, 0.2) is 34.9 Å². The Hall–Kier alpha value is -1.59. The molecule has 0 aliphatic heterocycles. The highest BCUT2D eigenvalue weighted by atomic mass is 79.9. The van der Waals surface area contributed by atoms with Gasteiger partial charge in [0.1, 0.15) is 0 Å². The van der Waals surface area contributed by atoms with Crippen LogP contribution in [0.1, 0.15) is 15.9 Å². The predicted molar refractivity (Wildman–Crippen MR) is 80.5 cm³/mol. The number of aryl methyl sites for hydroxylation is 1. The number of anilines is 2. The number of halogens is 2. The molecular formula is C13H11BrClN3O. The zero-order valence-corrected chi connectivity index (χ0v) is 12.4. The number of pyridine rings is 1. The van der Waals surface area contributed by atoms with Crippen LogP contribution in [-0.2, 0) is 0 Å². The van der Waals surface area contributed by atoms with E-state index >= 15 is 0 Å². The Balaban J connectivity index is 2.31. The van der Waals surface area contributed by atoms with E-state index in [1.807, 2.05) is 13.0 Å². The number of nitrogens with one attached hydrogen (secondary N) is 1. The standard InChI is InChI=1S/C13H11BrClN3O/c1-7-3-2-4-9(11(7)16)13(19)18-10-5-8(14)6-17-12(10)15/h2-6H,16H2,1H3,(H,18,19). The first-order chi connectivity index (χ1) is 8.99. The maximum atomic E-state index is 12.2. The number of hydrogen-bond donors (Lipinski definition) is 2. The molecule has 1 aromatic carbocycles. The molecule has 2 aromatic rings. The molecule has 0 bridgehead atoms. The van der Waals surface area contributed by atoms with E-state index in [0.29, 0.717) is 16.9 Å². The summed E-state index contributed by atoms with van der Waals surface area (Å²) >= 11 is 9.19. The molecule has 0 atom stereocenters. The fourth-order valence-corrected chi connectivity index (χ4v) is 2.06. The first kappa shape index (κ1) is 13.8. The number of para-hydroxylation sites is 1. The van der Waals surface area contributed by atoms with Gasteiger partial charge in [-0.3, -0.25) is 4.79 Å². The summed E-state index contributed by atoms with van der Waals surface area (Å²) in [5.41, 5.74) is 8.04. The Morgan fingerprint density at radius 2 is 2.21 bits per heavy atom. The van der Waals surface area contributed by atoms with E-state index < -0.39 is 0 Å². The van der Waals surface area contributed by atoms with Gasteiger partial charge in [-0.15, -0.1) is 0 Å². The summed E-state index contributed by atoms with van der Waals surface area (Å²) in [6.45, 7) is 1.85. The molecule has 4 nitrogen and oxygen atoms in total. The molecule has 0 unspecified atom stereocenters. The summed E-state index contributed by atoms with van der Waals surface area (Å²) in [4.78, 5) is 16.1. The molecule has 1 aromatic heterocycles. The van der Waals surface area contributed by atoms with E-state index in [-0.39, 0.29) is 11.1 Å². The van der Waals surface area contributed by atoms with E-state index in [0.717, 1.165) is 10.0 Å². The molecule has 2 rings (SSSR count). The molecular weight excluding hydrogens is 330 g/mol. The largest absolute Gasteiger partial charge is 0.398 e. The molecule has 3 N–H and O–H groups in total. The zero-order valence-electron chi connectivity index (χ0n) is 10.1. The minimum atomic E-state index is -0.317. The highest BCUT2D eigenvalue weighted by molar-refractivity contribution is 9.10. The molecule has 0 saturated carbocycles. The van der Waals surface area contributed by atoms with Gasteiger partial charge in [0.15, 0.2) is 5.15 Å². The molecule has 0 aliphatic rings. The molecule has 0 fully saturated rings. The summed E-state index contributed by atoms with van der Waals surface area (Å²) < 4.78 is 0.726. The molecule has 0 aliphatic carbocycles. The van der Waals surface area contributed by atoms with Crippen LogP contribution in [0.5, 0.6) is 0 Å². The number of rotatable bonds is 2. The molecule has 1 amide bonds. The average molecular weight is 341 g/mol. The van der Waals surface area contributed by atoms with Gasteiger partial charge in [0.05, 0.1) is 11.3 Å². The smallest absolute Gasteiger partial charge is 0.257 e. The topological polar surface area (TPSA) is 68.0 Å². The third-order valence-corrected chi connectivity index (χ3v) is 3.36. The van der Waals surface area contributed by atoms with Crippen LogP contribution in [-0.4, -0.2) is 10.9 Å². The van der Waals surface area contributed by atoms with Crippen molar-refractivity contribution in [2.75, 3.05) is 11.1 Å². The minimum Gasteiger partial charge on any atom is -0.398 e. The quantitative estimate of drug-likeness (QED) is 0.648. The maximum Gasteiger partial charge on any atom is 0.257 e. The van der Waals surface area contributed by atoms with Gasteiger partial charge in [-0.05, 0) is 40.5 Å². The van der Waals surface area contributed by atoms with Gasteiger partial charge in [0.2, 0.25) is 0 Å². The summed E-state index contributed by atoms with van der Waals surface area (Å²) in [5.74, 6) is -0.317. The first-order valence-corrected chi connectivity index (χ1v) is 6.63. The van der Waals surface area contributed by atoms with Crippen molar-refractivity contribution in [2.24, 2.45) is 0 Å². The van der Waals surface area contributed by atoms with E-state index in [1.165, 1.54) is 0 Å². The molecule has 19 heavy (non-hydrogen) atoms. The Morgan fingerprint density at radius 1 is 1.47 bits per heavy atom. The number of carbonyl (C=O) groups is 1. The number of carbonyl (C=O) groups excluding carboxylic acids is 1. The highest BCUT2D eigenvalue weighted by Gasteiger charge is 2.13. The second kappa shape index (κ2) is 5.59. The van der Waals surface area contributed by atoms with Crippen molar-refractivity contribution in [2.45, 2.75) is 6.92 Å². The second-order valence-corrected chi connectivity index (χ2v) is 5.26. The minimum absolute atomic E-state index is 0.225. The van der Waals surface area contributed by atoms with Gasteiger partial charge in [0, 0.05) is 16.4 Å². The molecule has 0 saturated heterocycles. The van der Waals surface area contributed by atoms with E-state index in [1.54, 1.807) is 24.4 Å². The van der Waals surface area contributed by atoms with Crippen LogP contribution in [0, 0.1) is 6.92 Å².